The quantitative estimate of drug-likeness (QED) is 0.705. The molecule has 0 saturated carbocycles. The molecule has 0 aromatic rings. The number of alkyl carbamates (subject to hydrolysis) is 1. The summed E-state index contributed by atoms with van der Waals surface area (Å²) >= 11 is 0. The van der Waals surface area contributed by atoms with Gasteiger partial charge in [0.15, 0.2) is 0 Å². The third kappa shape index (κ3) is 4.77. The number of hydrogen-bond acceptors (Lipinski definition) is 4. The molecule has 6 nitrogen and oxygen atoms in total. The van der Waals surface area contributed by atoms with Crippen LogP contribution in [0, 0.1) is 0 Å². The van der Waals surface area contributed by atoms with Crippen molar-refractivity contribution >= 4 is 17.8 Å². The molecule has 0 heterocycles. The SMILES string of the molecule is CC(C)(C)OC(=O)NC(C)(C)C(=O)C(=O)O. The second kappa shape index (κ2) is 4.51. The number of ether oxygens (including phenoxy) is 1. The fourth-order valence-electron chi connectivity index (χ4n) is 0.883. The molecule has 92 valence electrons. The van der Waals surface area contributed by atoms with Crippen molar-refractivity contribution in [3.63, 3.8) is 0 Å². The zero-order valence-electron chi connectivity index (χ0n) is 10.1. The number of carboxylic acids is 1. The van der Waals surface area contributed by atoms with E-state index in [2.05, 4.69) is 5.32 Å². The first-order valence-corrected chi connectivity index (χ1v) is 4.74. The highest BCUT2D eigenvalue weighted by molar-refractivity contribution is 6.36. The molecule has 0 aromatic carbocycles. The van der Waals surface area contributed by atoms with Crippen molar-refractivity contribution in [3.05, 3.63) is 0 Å². The van der Waals surface area contributed by atoms with Crippen LogP contribution in [0.25, 0.3) is 0 Å². The number of carbonyl (C=O) groups is 3. The lowest BCUT2D eigenvalue weighted by Gasteiger charge is -2.26. The summed E-state index contributed by atoms with van der Waals surface area (Å²) in [5.74, 6) is -2.69. The molecule has 2 N–H and O–H groups in total. The third-order valence-corrected chi connectivity index (χ3v) is 1.58. The van der Waals surface area contributed by atoms with Gasteiger partial charge in [0.05, 0.1) is 0 Å². The first-order valence-electron chi connectivity index (χ1n) is 4.74. The number of carboxylic acid groups (broad SMARTS) is 1. The van der Waals surface area contributed by atoms with E-state index in [1.54, 1.807) is 20.8 Å². The van der Waals surface area contributed by atoms with E-state index in [1.165, 1.54) is 13.8 Å². The van der Waals surface area contributed by atoms with Crippen LogP contribution in [0.4, 0.5) is 4.79 Å². The highest BCUT2D eigenvalue weighted by atomic mass is 16.6. The Morgan fingerprint density at radius 1 is 1.06 bits per heavy atom. The zero-order valence-corrected chi connectivity index (χ0v) is 10.1. The fraction of sp³-hybridized carbons (Fsp3) is 0.700. The maximum absolute atomic E-state index is 11.3. The predicted molar refractivity (Wildman–Crippen MR) is 56.1 cm³/mol. The Hall–Kier alpha value is -1.59. The monoisotopic (exact) mass is 231 g/mol. The molecular formula is C10H17NO5. The van der Waals surface area contributed by atoms with Gasteiger partial charge in [-0.3, -0.25) is 4.79 Å². The third-order valence-electron chi connectivity index (χ3n) is 1.58. The fourth-order valence-corrected chi connectivity index (χ4v) is 0.883. The highest BCUT2D eigenvalue weighted by Gasteiger charge is 2.35. The van der Waals surface area contributed by atoms with Crippen molar-refractivity contribution < 1.29 is 24.2 Å². The molecular weight excluding hydrogens is 214 g/mol. The normalized spacial score (nSPS) is 11.8. The van der Waals surface area contributed by atoms with Crippen molar-refractivity contribution in [3.8, 4) is 0 Å². The minimum absolute atomic E-state index is 0.702. The summed E-state index contributed by atoms with van der Waals surface area (Å²) in [7, 11) is 0. The molecule has 0 atom stereocenters. The number of rotatable bonds is 3. The Balaban J connectivity index is 4.55. The zero-order chi connectivity index (χ0) is 13.1. The van der Waals surface area contributed by atoms with E-state index < -0.39 is 29.0 Å². The second-order valence-corrected chi connectivity index (χ2v) is 4.89. The van der Waals surface area contributed by atoms with Crippen LogP contribution >= 0.6 is 0 Å². The van der Waals surface area contributed by atoms with Crippen LogP contribution in [0.3, 0.4) is 0 Å². The van der Waals surface area contributed by atoms with Crippen LogP contribution in [0.2, 0.25) is 0 Å². The number of amides is 1. The van der Waals surface area contributed by atoms with E-state index in [1.807, 2.05) is 0 Å². The second-order valence-electron chi connectivity index (χ2n) is 4.89. The summed E-state index contributed by atoms with van der Waals surface area (Å²) in [6.07, 6.45) is -0.827. The van der Waals surface area contributed by atoms with Gasteiger partial charge in [0.25, 0.3) is 5.78 Å². The van der Waals surface area contributed by atoms with Crippen LogP contribution in [0.5, 0.6) is 0 Å². The molecule has 0 bridgehead atoms. The highest BCUT2D eigenvalue weighted by Crippen LogP contribution is 2.10. The Kier molecular flexibility index (Phi) is 4.06. The molecule has 0 aromatic heterocycles. The van der Waals surface area contributed by atoms with Gasteiger partial charge >= 0.3 is 12.1 Å². The number of carbonyl (C=O) groups excluding carboxylic acids is 2. The van der Waals surface area contributed by atoms with Gasteiger partial charge in [-0.2, -0.15) is 0 Å². The maximum atomic E-state index is 11.3. The lowest BCUT2D eigenvalue weighted by atomic mass is 10.00. The number of nitrogens with one attached hydrogen (secondary N) is 1. The number of ketones is 1. The average Bonchev–Trinajstić information content (AvgIpc) is 1.97. The van der Waals surface area contributed by atoms with Crippen LogP contribution in [-0.4, -0.2) is 34.1 Å². The molecule has 0 fully saturated rings. The van der Waals surface area contributed by atoms with Gasteiger partial charge in [-0.05, 0) is 34.6 Å². The first kappa shape index (κ1) is 14.4. The van der Waals surface area contributed by atoms with E-state index in [4.69, 9.17) is 9.84 Å². The van der Waals surface area contributed by atoms with Crippen LogP contribution < -0.4 is 5.32 Å². The van der Waals surface area contributed by atoms with Gasteiger partial charge in [-0.1, -0.05) is 0 Å². The van der Waals surface area contributed by atoms with E-state index in [9.17, 15) is 14.4 Å². The molecule has 0 saturated heterocycles. The van der Waals surface area contributed by atoms with Crippen LogP contribution in [0.15, 0.2) is 0 Å². The lowest BCUT2D eigenvalue weighted by Crippen LogP contribution is -2.53. The van der Waals surface area contributed by atoms with Crippen molar-refractivity contribution in [1.29, 1.82) is 0 Å². The molecule has 0 aliphatic heterocycles. The van der Waals surface area contributed by atoms with E-state index >= 15 is 0 Å². The molecule has 16 heavy (non-hydrogen) atoms. The number of Topliss-reactive ketones (excluding diaryl/α,β-unsaturated/α-hetero) is 1. The topological polar surface area (TPSA) is 92.7 Å². The number of aliphatic carboxylic acids is 1. The number of hydrogen-bond donors (Lipinski definition) is 2. The molecule has 0 radical (unpaired) electrons. The Morgan fingerprint density at radius 3 is 1.81 bits per heavy atom. The van der Waals surface area contributed by atoms with Crippen LogP contribution in [-0.2, 0) is 14.3 Å². The maximum Gasteiger partial charge on any atom is 0.408 e. The van der Waals surface area contributed by atoms with Gasteiger partial charge < -0.3 is 15.2 Å². The summed E-state index contributed by atoms with van der Waals surface area (Å²) in [6, 6.07) is 0. The summed E-state index contributed by atoms with van der Waals surface area (Å²) < 4.78 is 4.91. The summed E-state index contributed by atoms with van der Waals surface area (Å²) in [5, 5.41) is 10.7. The van der Waals surface area contributed by atoms with Crippen LogP contribution in [0.1, 0.15) is 34.6 Å². The van der Waals surface area contributed by atoms with Crippen molar-refractivity contribution in [2.24, 2.45) is 0 Å². The molecule has 0 aliphatic carbocycles. The molecule has 6 heteroatoms. The van der Waals surface area contributed by atoms with Gasteiger partial charge in [0.2, 0.25) is 0 Å². The van der Waals surface area contributed by atoms with Gasteiger partial charge in [0.1, 0.15) is 11.1 Å². The Labute approximate surface area is 94.0 Å². The van der Waals surface area contributed by atoms with Crippen molar-refractivity contribution in [2.45, 2.75) is 45.8 Å². The minimum Gasteiger partial charge on any atom is -0.475 e. The van der Waals surface area contributed by atoms with Crippen molar-refractivity contribution in [2.75, 3.05) is 0 Å². The largest absolute Gasteiger partial charge is 0.475 e. The first-order chi connectivity index (χ1) is 6.96. The Morgan fingerprint density at radius 2 is 1.50 bits per heavy atom. The van der Waals surface area contributed by atoms with E-state index in [0.717, 1.165) is 0 Å². The summed E-state index contributed by atoms with van der Waals surface area (Å²) in [6.45, 7) is 7.59. The van der Waals surface area contributed by atoms with Gasteiger partial charge in [-0.25, -0.2) is 9.59 Å². The van der Waals surface area contributed by atoms with E-state index in [0.29, 0.717) is 0 Å². The molecule has 0 aliphatic rings. The minimum atomic E-state index is -1.60. The smallest absolute Gasteiger partial charge is 0.408 e. The standard InChI is InChI=1S/C10H17NO5/c1-9(2,3)16-8(15)11-10(4,5)6(12)7(13)14/h1-5H3,(H,11,15)(H,13,14). The summed E-state index contributed by atoms with van der Waals surface area (Å²) in [4.78, 5) is 33.0. The van der Waals surface area contributed by atoms with Crippen molar-refractivity contribution in [1.82, 2.24) is 5.32 Å². The molecule has 1 amide bonds. The molecule has 0 rings (SSSR count). The molecule has 0 unspecified atom stereocenters. The van der Waals surface area contributed by atoms with Gasteiger partial charge in [0, 0.05) is 0 Å². The summed E-state index contributed by atoms with van der Waals surface area (Å²) in [5.41, 5.74) is -2.19. The Bertz CT molecular complexity index is 314. The average molecular weight is 231 g/mol. The predicted octanol–water partition coefficient (Wildman–Crippen LogP) is 0.943. The lowest BCUT2D eigenvalue weighted by molar-refractivity contribution is -0.151. The van der Waals surface area contributed by atoms with Gasteiger partial charge in [-0.15, -0.1) is 0 Å². The van der Waals surface area contributed by atoms with E-state index in [-0.39, 0.29) is 0 Å². The molecule has 0 spiro atoms.